The minimum atomic E-state index is -0.293. The van der Waals surface area contributed by atoms with Crippen LogP contribution in [0.5, 0.6) is 0 Å². The molecule has 67 valence electrons. The zero-order valence-corrected chi connectivity index (χ0v) is 7.12. The maximum atomic E-state index is 10.8. The maximum Gasteiger partial charge on any atom is 0.316 e. The van der Waals surface area contributed by atoms with E-state index in [4.69, 9.17) is 0 Å². The molecule has 0 aliphatic carbocycles. The number of nitrogens with one attached hydrogen (secondary N) is 1. The van der Waals surface area contributed by atoms with Gasteiger partial charge in [-0.25, -0.2) is 0 Å². The average molecular weight is 176 g/mol. The molecule has 1 radical (unpaired) electrons. The van der Waals surface area contributed by atoms with E-state index in [1.54, 1.807) is 0 Å². The van der Waals surface area contributed by atoms with E-state index < -0.39 is 0 Å². The van der Waals surface area contributed by atoms with Crippen molar-refractivity contribution in [2.75, 3.05) is 0 Å². The van der Waals surface area contributed by atoms with Gasteiger partial charge in [0.1, 0.15) is 0 Å². The van der Waals surface area contributed by atoms with Gasteiger partial charge in [-0.05, 0) is 12.0 Å². The Morgan fingerprint density at radius 2 is 2.00 bits per heavy atom. The summed E-state index contributed by atoms with van der Waals surface area (Å²) >= 11 is 0. The molecule has 3 heteroatoms. The van der Waals surface area contributed by atoms with Crippen molar-refractivity contribution >= 4 is 12.3 Å². The quantitative estimate of drug-likeness (QED) is 0.690. The van der Waals surface area contributed by atoms with Crippen LogP contribution in [0, 0.1) is 0 Å². The molecule has 1 rings (SSSR count). The summed E-state index contributed by atoms with van der Waals surface area (Å²) in [7, 11) is 0. The molecule has 0 saturated heterocycles. The van der Waals surface area contributed by atoms with Gasteiger partial charge < -0.3 is 0 Å². The van der Waals surface area contributed by atoms with Crippen molar-refractivity contribution in [3.8, 4) is 0 Å². The first-order valence-electron chi connectivity index (χ1n) is 4.03. The third kappa shape index (κ3) is 3.51. The van der Waals surface area contributed by atoms with E-state index in [0.29, 0.717) is 12.8 Å². The molecular weight excluding hydrogens is 166 g/mol. The number of imide groups is 1. The van der Waals surface area contributed by atoms with E-state index in [2.05, 4.69) is 0 Å². The van der Waals surface area contributed by atoms with Crippen molar-refractivity contribution in [1.82, 2.24) is 5.32 Å². The van der Waals surface area contributed by atoms with Crippen LogP contribution in [0.1, 0.15) is 12.0 Å². The molecule has 0 aliphatic heterocycles. The van der Waals surface area contributed by atoms with Gasteiger partial charge >= 0.3 is 6.41 Å². The van der Waals surface area contributed by atoms with E-state index in [1.807, 2.05) is 35.6 Å². The van der Waals surface area contributed by atoms with Gasteiger partial charge in [-0.1, -0.05) is 30.3 Å². The summed E-state index contributed by atoms with van der Waals surface area (Å²) in [4.78, 5) is 20.6. The zero-order chi connectivity index (χ0) is 9.52. The Balaban J connectivity index is 2.35. The minimum Gasteiger partial charge on any atom is -0.288 e. The van der Waals surface area contributed by atoms with E-state index in [0.717, 1.165) is 5.56 Å². The van der Waals surface area contributed by atoms with Crippen molar-refractivity contribution in [3.63, 3.8) is 0 Å². The van der Waals surface area contributed by atoms with E-state index in [1.165, 1.54) is 6.41 Å². The standard InChI is InChI=1S/C10H10NO2/c12-8-11-10(13)7-6-9-4-2-1-3-5-9/h1-5H,6-7H2,(H,11,12,13). The van der Waals surface area contributed by atoms with Crippen molar-refractivity contribution < 1.29 is 9.59 Å². The summed E-state index contributed by atoms with van der Waals surface area (Å²) in [6, 6.07) is 9.64. The molecule has 0 unspecified atom stereocenters. The Morgan fingerprint density at radius 3 is 2.62 bits per heavy atom. The fourth-order valence-corrected chi connectivity index (χ4v) is 1.02. The lowest BCUT2D eigenvalue weighted by Crippen LogP contribution is -2.21. The van der Waals surface area contributed by atoms with Crippen LogP contribution in [-0.2, 0) is 16.0 Å². The number of carbonyl (C=O) groups is 1. The van der Waals surface area contributed by atoms with Gasteiger partial charge in [0.15, 0.2) is 0 Å². The lowest BCUT2D eigenvalue weighted by Gasteiger charge is -1.98. The van der Waals surface area contributed by atoms with Gasteiger partial charge in [-0.15, -0.1) is 0 Å². The Morgan fingerprint density at radius 1 is 1.31 bits per heavy atom. The van der Waals surface area contributed by atoms with Gasteiger partial charge in [-0.3, -0.25) is 14.9 Å². The smallest absolute Gasteiger partial charge is 0.288 e. The van der Waals surface area contributed by atoms with Gasteiger partial charge in [0.05, 0.1) is 0 Å². The summed E-state index contributed by atoms with van der Waals surface area (Å²) in [5.41, 5.74) is 1.09. The third-order valence-corrected chi connectivity index (χ3v) is 1.67. The fraction of sp³-hybridized carbons (Fsp3) is 0.200. The molecule has 0 aliphatic rings. The third-order valence-electron chi connectivity index (χ3n) is 1.67. The van der Waals surface area contributed by atoms with Crippen molar-refractivity contribution in [3.05, 3.63) is 35.9 Å². The largest absolute Gasteiger partial charge is 0.316 e. The van der Waals surface area contributed by atoms with Crippen LogP contribution in [0.3, 0.4) is 0 Å². The molecule has 0 atom stereocenters. The normalized spacial score (nSPS) is 9.23. The van der Waals surface area contributed by atoms with Crippen molar-refractivity contribution in [2.45, 2.75) is 12.8 Å². The van der Waals surface area contributed by atoms with Crippen LogP contribution in [0.4, 0.5) is 0 Å². The number of hydrogen-bond donors (Lipinski definition) is 1. The maximum absolute atomic E-state index is 10.8. The molecule has 1 aromatic carbocycles. The second-order valence-corrected chi connectivity index (χ2v) is 2.64. The molecule has 0 spiro atoms. The Hall–Kier alpha value is -1.64. The van der Waals surface area contributed by atoms with Gasteiger partial charge in [-0.2, -0.15) is 0 Å². The highest BCUT2D eigenvalue weighted by molar-refractivity contribution is 5.86. The molecule has 0 fully saturated rings. The highest BCUT2D eigenvalue weighted by Gasteiger charge is 1.99. The van der Waals surface area contributed by atoms with E-state index in [9.17, 15) is 9.59 Å². The van der Waals surface area contributed by atoms with Crippen LogP contribution >= 0.6 is 0 Å². The minimum absolute atomic E-state index is 0.293. The van der Waals surface area contributed by atoms with Crippen LogP contribution < -0.4 is 5.32 Å². The predicted octanol–water partition coefficient (Wildman–Crippen LogP) is 0.803. The Labute approximate surface area is 76.8 Å². The number of benzene rings is 1. The predicted molar refractivity (Wildman–Crippen MR) is 48.6 cm³/mol. The van der Waals surface area contributed by atoms with E-state index >= 15 is 0 Å². The molecule has 0 saturated carbocycles. The topological polar surface area (TPSA) is 46.2 Å². The molecule has 0 heterocycles. The molecule has 1 aromatic rings. The van der Waals surface area contributed by atoms with Crippen LogP contribution in [0.15, 0.2) is 30.3 Å². The first-order chi connectivity index (χ1) is 6.33. The summed E-state index contributed by atoms with van der Waals surface area (Å²) < 4.78 is 0. The van der Waals surface area contributed by atoms with Gasteiger partial charge in [0.25, 0.3) is 0 Å². The summed E-state index contributed by atoms with van der Waals surface area (Å²) in [6.45, 7) is 0. The first-order valence-corrected chi connectivity index (χ1v) is 4.03. The van der Waals surface area contributed by atoms with Gasteiger partial charge in [0.2, 0.25) is 5.91 Å². The second-order valence-electron chi connectivity index (χ2n) is 2.64. The molecule has 3 nitrogen and oxygen atoms in total. The van der Waals surface area contributed by atoms with Crippen LogP contribution in [0.2, 0.25) is 0 Å². The highest BCUT2D eigenvalue weighted by Crippen LogP contribution is 2.01. The molecule has 1 N–H and O–H groups in total. The molecule has 13 heavy (non-hydrogen) atoms. The summed E-state index contributed by atoms with van der Waals surface area (Å²) in [5.74, 6) is -0.293. The zero-order valence-electron chi connectivity index (χ0n) is 7.12. The molecular formula is C10H10NO2. The summed E-state index contributed by atoms with van der Waals surface area (Å²) in [5, 5.41) is 1.97. The number of amides is 2. The van der Waals surface area contributed by atoms with Crippen LogP contribution in [0.25, 0.3) is 0 Å². The highest BCUT2D eigenvalue weighted by atomic mass is 16.2. The van der Waals surface area contributed by atoms with Crippen LogP contribution in [-0.4, -0.2) is 12.3 Å². The molecule has 0 bridgehead atoms. The fourth-order valence-electron chi connectivity index (χ4n) is 1.02. The molecule has 2 amide bonds. The molecule has 0 aromatic heterocycles. The lowest BCUT2D eigenvalue weighted by atomic mass is 10.1. The van der Waals surface area contributed by atoms with E-state index in [-0.39, 0.29) is 5.91 Å². The van der Waals surface area contributed by atoms with Crippen molar-refractivity contribution in [1.29, 1.82) is 0 Å². The first kappa shape index (κ1) is 9.45. The van der Waals surface area contributed by atoms with Gasteiger partial charge in [0, 0.05) is 6.42 Å². The number of carbonyl (C=O) groups excluding carboxylic acids is 2. The monoisotopic (exact) mass is 176 g/mol. The second kappa shape index (κ2) is 5.09. The number of hydrogen-bond acceptors (Lipinski definition) is 2. The SMILES string of the molecule is O=[C]NC(=O)CCc1ccccc1. The Kier molecular flexibility index (Phi) is 3.70. The summed E-state index contributed by atoms with van der Waals surface area (Å²) in [6.07, 6.45) is 2.32. The Bertz CT molecular complexity index is 282. The lowest BCUT2D eigenvalue weighted by molar-refractivity contribution is -0.119. The average Bonchev–Trinajstić information content (AvgIpc) is 2.17. The number of aryl methyl sites for hydroxylation is 1. The van der Waals surface area contributed by atoms with Crippen molar-refractivity contribution in [2.24, 2.45) is 0 Å². The number of rotatable bonds is 4.